The second-order valence-electron chi connectivity index (χ2n) is 3.77. The third-order valence-corrected chi connectivity index (χ3v) is 3.07. The van der Waals surface area contributed by atoms with Gasteiger partial charge in [0.05, 0.1) is 0 Å². The van der Waals surface area contributed by atoms with E-state index in [-0.39, 0.29) is 5.92 Å². The number of aromatic nitrogens is 3. The second-order valence-corrected chi connectivity index (χ2v) is 4.62. The lowest BCUT2D eigenvalue weighted by Crippen LogP contribution is -2.04. The number of hydrogen-bond donors (Lipinski definition) is 1. The molecule has 1 unspecified atom stereocenters. The maximum absolute atomic E-state index is 5.50. The zero-order chi connectivity index (χ0) is 12.3. The summed E-state index contributed by atoms with van der Waals surface area (Å²) in [4.78, 5) is 8.54. The van der Waals surface area contributed by atoms with Crippen LogP contribution in [0.1, 0.15) is 25.2 Å². The highest BCUT2D eigenvalue weighted by Gasteiger charge is 2.16. The largest absolute Gasteiger partial charge is 0.339 e. The summed E-state index contributed by atoms with van der Waals surface area (Å²) in [5.41, 5.74) is 6.18. The van der Waals surface area contributed by atoms with Crippen molar-refractivity contribution in [3.05, 3.63) is 28.7 Å². The molecule has 0 radical (unpaired) electrons. The van der Waals surface area contributed by atoms with Gasteiger partial charge in [0.1, 0.15) is 5.69 Å². The highest BCUT2D eigenvalue weighted by Crippen LogP contribution is 2.25. The number of pyridine rings is 1. The number of hydrogen-bond acceptors (Lipinski definition) is 5. The van der Waals surface area contributed by atoms with Gasteiger partial charge in [-0.3, -0.25) is 4.98 Å². The number of rotatable bonds is 4. The van der Waals surface area contributed by atoms with E-state index >= 15 is 0 Å². The molecule has 2 aromatic heterocycles. The Morgan fingerprint density at radius 3 is 3.06 bits per heavy atom. The minimum absolute atomic E-state index is 0.170. The Morgan fingerprint density at radius 1 is 1.53 bits per heavy atom. The first-order valence-electron chi connectivity index (χ1n) is 5.37. The van der Waals surface area contributed by atoms with Gasteiger partial charge in [-0.1, -0.05) is 12.1 Å². The van der Waals surface area contributed by atoms with E-state index in [4.69, 9.17) is 10.3 Å². The van der Waals surface area contributed by atoms with Crippen molar-refractivity contribution in [1.82, 2.24) is 15.1 Å². The summed E-state index contributed by atoms with van der Waals surface area (Å²) in [6.07, 6.45) is 2.52. The quantitative estimate of drug-likeness (QED) is 0.937. The van der Waals surface area contributed by atoms with E-state index in [1.807, 2.05) is 19.1 Å². The van der Waals surface area contributed by atoms with Crippen LogP contribution in [0.15, 0.2) is 27.3 Å². The van der Waals surface area contributed by atoms with Gasteiger partial charge in [-0.05, 0) is 41.0 Å². The third kappa shape index (κ3) is 2.70. The molecule has 0 spiro atoms. The third-order valence-electron chi connectivity index (χ3n) is 2.43. The van der Waals surface area contributed by atoms with Crippen LogP contribution in [0.25, 0.3) is 11.5 Å². The van der Waals surface area contributed by atoms with Crippen LogP contribution in [0.5, 0.6) is 0 Å². The molecule has 5 nitrogen and oxygen atoms in total. The Kier molecular flexibility index (Phi) is 3.86. The first-order valence-corrected chi connectivity index (χ1v) is 6.16. The van der Waals surface area contributed by atoms with Crippen molar-refractivity contribution in [2.75, 3.05) is 6.54 Å². The normalized spacial score (nSPS) is 12.6. The topological polar surface area (TPSA) is 77.8 Å². The van der Waals surface area contributed by atoms with Crippen molar-refractivity contribution in [3.63, 3.8) is 0 Å². The molecule has 90 valence electrons. The summed E-state index contributed by atoms with van der Waals surface area (Å²) in [6.45, 7) is 2.61. The van der Waals surface area contributed by atoms with Gasteiger partial charge in [0.2, 0.25) is 11.7 Å². The molecule has 0 saturated carbocycles. The fraction of sp³-hybridized carbons (Fsp3) is 0.364. The molecule has 0 saturated heterocycles. The maximum atomic E-state index is 5.50. The van der Waals surface area contributed by atoms with Crippen LogP contribution < -0.4 is 5.73 Å². The molecule has 2 rings (SSSR count). The van der Waals surface area contributed by atoms with E-state index in [0.29, 0.717) is 24.0 Å². The van der Waals surface area contributed by atoms with E-state index in [9.17, 15) is 0 Å². The lowest BCUT2D eigenvalue weighted by Gasteiger charge is -2.01. The predicted molar refractivity (Wildman–Crippen MR) is 67.3 cm³/mol. The van der Waals surface area contributed by atoms with Crippen LogP contribution in [-0.2, 0) is 0 Å². The molecule has 0 bridgehead atoms. The molecule has 2 aromatic rings. The molecule has 0 aliphatic heterocycles. The Morgan fingerprint density at radius 2 is 2.35 bits per heavy atom. The van der Waals surface area contributed by atoms with Gasteiger partial charge >= 0.3 is 0 Å². The zero-order valence-corrected chi connectivity index (χ0v) is 11.0. The highest BCUT2D eigenvalue weighted by atomic mass is 79.9. The van der Waals surface area contributed by atoms with Crippen LogP contribution in [0, 0.1) is 0 Å². The molecular formula is C11H13BrN4O. The second kappa shape index (κ2) is 5.37. The fourth-order valence-electron chi connectivity index (χ4n) is 1.46. The van der Waals surface area contributed by atoms with Crippen molar-refractivity contribution in [2.45, 2.75) is 19.3 Å². The monoisotopic (exact) mass is 296 g/mol. The van der Waals surface area contributed by atoms with Crippen LogP contribution in [0.4, 0.5) is 0 Å². The van der Waals surface area contributed by atoms with Crippen molar-refractivity contribution < 1.29 is 4.52 Å². The van der Waals surface area contributed by atoms with E-state index in [2.05, 4.69) is 31.1 Å². The van der Waals surface area contributed by atoms with Gasteiger partial charge in [-0.2, -0.15) is 4.98 Å². The lowest BCUT2D eigenvalue weighted by atomic mass is 10.1. The molecule has 17 heavy (non-hydrogen) atoms. The summed E-state index contributed by atoms with van der Waals surface area (Å²) < 4.78 is 6.06. The molecule has 0 aromatic carbocycles. The zero-order valence-electron chi connectivity index (χ0n) is 9.43. The van der Waals surface area contributed by atoms with Crippen LogP contribution in [0.2, 0.25) is 0 Å². The summed E-state index contributed by atoms with van der Waals surface area (Å²) in [5.74, 6) is 1.27. The molecule has 2 N–H and O–H groups in total. The molecule has 6 heteroatoms. The lowest BCUT2D eigenvalue weighted by molar-refractivity contribution is 0.355. The average molecular weight is 297 g/mol. The molecule has 2 heterocycles. The average Bonchev–Trinajstić information content (AvgIpc) is 2.79. The fourth-order valence-corrected chi connectivity index (χ4v) is 1.89. The summed E-state index contributed by atoms with van der Waals surface area (Å²) in [6, 6.07) is 3.73. The van der Waals surface area contributed by atoms with Gasteiger partial charge in [-0.15, -0.1) is 0 Å². The molecule has 1 atom stereocenters. The van der Waals surface area contributed by atoms with Crippen LogP contribution in [-0.4, -0.2) is 21.7 Å². The first kappa shape index (κ1) is 12.2. The SMILES string of the molecule is CC(CCN)c1nc(-c2ncccc2Br)no1. The van der Waals surface area contributed by atoms with E-state index < -0.39 is 0 Å². The van der Waals surface area contributed by atoms with Gasteiger partial charge in [0.25, 0.3) is 0 Å². The van der Waals surface area contributed by atoms with E-state index in [0.717, 1.165) is 10.9 Å². The Balaban J connectivity index is 2.27. The summed E-state index contributed by atoms with van der Waals surface area (Å²) >= 11 is 3.41. The molecule has 0 aliphatic rings. The van der Waals surface area contributed by atoms with Gasteiger partial charge in [-0.25, -0.2) is 0 Å². The highest BCUT2D eigenvalue weighted by molar-refractivity contribution is 9.10. The van der Waals surface area contributed by atoms with Crippen molar-refractivity contribution in [1.29, 1.82) is 0 Å². The minimum Gasteiger partial charge on any atom is -0.339 e. The maximum Gasteiger partial charge on any atom is 0.229 e. The number of nitrogens with zero attached hydrogens (tertiary/aromatic N) is 3. The molecule has 0 amide bonds. The standard InChI is InChI=1S/C11H13BrN4O/c1-7(4-5-13)11-15-10(16-17-11)9-8(12)3-2-6-14-9/h2-3,6-7H,4-5,13H2,1H3. The van der Waals surface area contributed by atoms with E-state index in [1.165, 1.54) is 0 Å². The first-order chi connectivity index (χ1) is 8.22. The molecular weight excluding hydrogens is 284 g/mol. The summed E-state index contributed by atoms with van der Waals surface area (Å²) in [5, 5.41) is 3.93. The van der Waals surface area contributed by atoms with Gasteiger partial charge in [0, 0.05) is 16.6 Å². The van der Waals surface area contributed by atoms with Crippen LogP contribution >= 0.6 is 15.9 Å². The van der Waals surface area contributed by atoms with Crippen LogP contribution in [0.3, 0.4) is 0 Å². The Hall–Kier alpha value is -1.27. The smallest absolute Gasteiger partial charge is 0.229 e. The van der Waals surface area contributed by atoms with Gasteiger partial charge in [0.15, 0.2) is 0 Å². The van der Waals surface area contributed by atoms with Crippen molar-refractivity contribution in [3.8, 4) is 11.5 Å². The van der Waals surface area contributed by atoms with Crippen molar-refractivity contribution >= 4 is 15.9 Å². The Bertz CT molecular complexity index is 500. The van der Waals surface area contributed by atoms with E-state index in [1.54, 1.807) is 6.20 Å². The Labute approximate surface area is 108 Å². The minimum atomic E-state index is 0.170. The molecule has 0 fully saturated rings. The number of halogens is 1. The molecule has 0 aliphatic carbocycles. The van der Waals surface area contributed by atoms with Gasteiger partial charge < -0.3 is 10.3 Å². The van der Waals surface area contributed by atoms with Crippen molar-refractivity contribution in [2.24, 2.45) is 5.73 Å². The predicted octanol–water partition coefficient (Wildman–Crippen LogP) is 2.35. The number of nitrogens with two attached hydrogens (primary N) is 1. The summed E-state index contributed by atoms with van der Waals surface area (Å²) in [7, 11) is 0.